The number of methoxy groups -OCH3 is 1. The molecule has 8 nitrogen and oxygen atoms in total. The monoisotopic (exact) mass is 460 g/mol. The van der Waals surface area contributed by atoms with Gasteiger partial charge in [-0.15, -0.1) is 0 Å². The predicted molar refractivity (Wildman–Crippen MR) is 126 cm³/mol. The Balaban J connectivity index is 1.40. The van der Waals surface area contributed by atoms with Crippen LogP contribution in [0.15, 0.2) is 53.4 Å². The Hall–Kier alpha value is -2.62. The smallest absolute Gasteiger partial charge is 0.251 e. The van der Waals surface area contributed by atoms with Crippen molar-refractivity contribution in [2.75, 3.05) is 58.3 Å². The molecule has 2 aromatic carbocycles. The molecular formula is C23H32N4O4S. The summed E-state index contributed by atoms with van der Waals surface area (Å²) in [5.41, 5.74) is 1.57. The zero-order valence-corrected chi connectivity index (χ0v) is 19.5. The number of carbonyl (C=O) groups excluding carboxylic acids is 1. The maximum atomic E-state index is 12.5. The van der Waals surface area contributed by atoms with Gasteiger partial charge in [0.25, 0.3) is 5.91 Å². The van der Waals surface area contributed by atoms with Crippen molar-refractivity contribution in [3.63, 3.8) is 0 Å². The number of rotatable bonds is 10. The summed E-state index contributed by atoms with van der Waals surface area (Å²) in [5, 5.41) is 2.88. The Labute approximate surface area is 190 Å². The molecule has 9 heteroatoms. The summed E-state index contributed by atoms with van der Waals surface area (Å²) in [6.07, 6.45) is 1.86. The van der Waals surface area contributed by atoms with Gasteiger partial charge in [0.05, 0.1) is 7.11 Å². The zero-order chi connectivity index (χ0) is 23.0. The van der Waals surface area contributed by atoms with E-state index in [0.29, 0.717) is 6.54 Å². The lowest BCUT2D eigenvalue weighted by molar-refractivity contribution is 0.0952. The van der Waals surface area contributed by atoms with Gasteiger partial charge in [0.1, 0.15) is 10.6 Å². The van der Waals surface area contributed by atoms with E-state index in [1.165, 1.54) is 32.0 Å². The molecule has 0 saturated carbocycles. The maximum Gasteiger partial charge on any atom is 0.251 e. The van der Waals surface area contributed by atoms with Gasteiger partial charge in [-0.1, -0.05) is 18.2 Å². The van der Waals surface area contributed by atoms with E-state index in [9.17, 15) is 13.2 Å². The van der Waals surface area contributed by atoms with E-state index in [4.69, 9.17) is 4.74 Å². The van der Waals surface area contributed by atoms with Crippen LogP contribution in [0.1, 0.15) is 23.2 Å². The lowest BCUT2D eigenvalue weighted by atomic mass is 10.2. The molecule has 1 aliphatic heterocycles. The molecule has 2 N–H and O–H groups in total. The number of anilines is 1. The van der Waals surface area contributed by atoms with E-state index < -0.39 is 10.0 Å². The van der Waals surface area contributed by atoms with Gasteiger partial charge in [-0.3, -0.25) is 9.69 Å². The lowest BCUT2D eigenvalue weighted by Crippen LogP contribution is -2.46. The van der Waals surface area contributed by atoms with Gasteiger partial charge in [-0.2, -0.15) is 0 Å². The normalized spacial score (nSPS) is 14.9. The van der Waals surface area contributed by atoms with Crippen LogP contribution in [0.25, 0.3) is 0 Å². The molecule has 2 aromatic rings. The van der Waals surface area contributed by atoms with Gasteiger partial charge >= 0.3 is 0 Å². The van der Waals surface area contributed by atoms with Crippen LogP contribution in [-0.4, -0.2) is 72.7 Å². The van der Waals surface area contributed by atoms with Crippen LogP contribution >= 0.6 is 0 Å². The van der Waals surface area contributed by atoms with Crippen LogP contribution in [0.4, 0.5) is 5.69 Å². The molecule has 32 heavy (non-hydrogen) atoms. The van der Waals surface area contributed by atoms with E-state index in [2.05, 4.69) is 44.1 Å². The second-order valence-electron chi connectivity index (χ2n) is 7.70. The minimum atomic E-state index is -3.72. The number of hydrogen-bond acceptors (Lipinski definition) is 6. The van der Waals surface area contributed by atoms with Gasteiger partial charge in [0.2, 0.25) is 10.0 Å². The predicted octanol–water partition coefficient (Wildman–Crippen LogP) is 1.94. The molecule has 1 aliphatic rings. The van der Waals surface area contributed by atoms with Gasteiger partial charge in [-0.25, -0.2) is 13.1 Å². The Morgan fingerprint density at radius 3 is 2.41 bits per heavy atom. The first-order valence-electron chi connectivity index (χ1n) is 10.9. The average molecular weight is 461 g/mol. The van der Waals surface area contributed by atoms with Crippen LogP contribution in [0.5, 0.6) is 5.75 Å². The van der Waals surface area contributed by atoms with Crippen molar-refractivity contribution in [3.8, 4) is 5.75 Å². The van der Waals surface area contributed by atoms with Gasteiger partial charge in [-0.05, 0) is 56.8 Å². The number of sulfonamides is 1. The molecule has 0 spiro atoms. The van der Waals surface area contributed by atoms with E-state index in [-0.39, 0.29) is 22.1 Å². The summed E-state index contributed by atoms with van der Waals surface area (Å²) in [4.78, 5) is 17.3. The first kappa shape index (κ1) is 24.0. The largest absolute Gasteiger partial charge is 0.495 e. The lowest BCUT2D eigenvalue weighted by Gasteiger charge is -2.36. The quantitative estimate of drug-likeness (QED) is 0.527. The Morgan fingerprint density at radius 2 is 1.75 bits per heavy atom. The third-order valence-corrected chi connectivity index (χ3v) is 7.10. The van der Waals surface area contributed by atoms with Crippen molar-refractivity contribution in [3.05, 3.63) is 54.1 Å². The molecule has 3 rings (SSSR count). The van der Waals surface area contributed by atoms with Gasteiger partial charge < -0.3 is 15.0 Å². The molecule has 0 aromatic heterocycles. The molecule has 0 aliphatic carbocycles. The van der Waals surface area contributed by atoms with Gasteiger partial charge in [0.15, 0.2) is 0 Å². The van der Waals surface area contributed by atoms with Crippen LogP contribution in [-0.2, 0) is 10.0 Å². The highest BCUT2D eigenvalue weighted by atomic mass is 32.2. The Bertz CT molecular complexity index is 990. The number of hydrogen-bond donors (Lipinski definition) is 2. The minimum absolute atomic E-state index is 0.0511. The van der Waals surface area contributed by atoms with Crippen molar-refractivity contribution in [1.29, 1.82) is 0 Å². The summed E-state index contributed by atoms with van der Waals surface area (Å²) in [6, 6.07) is 14.9. The topological polar surface area (TPSA) is 91.0 Å². The standard InChI is InChI=1S/C23H32N4O4S/c1-24-32(29,30)22-18-19(10-11-21(22)31-2)23(28)25-12-6-7-13-26-14-16-27(17-15-26)20-8-4-3-5-9-20/h3-5,8-11,18,24H,6-7,12-17H2,1-2H3,(H,25,28). The number of benzene rings is 2. The van der Waals surface area contributed by atoms with Crippen molar-refractivity contribution in [2.45, 2.75) is 17.7 Å². The molecule has 0 radical (unpaired) electrons. The summed E-state index contributed by atoms with van der Waals surface area (Å²) < 4.78 is 31.7. The number of nitrogens with one attached hydrogen (secondary N) is 2. The minimum Gasteiger partial charge on any atom is -0.495 e. The second kappa shape index (κ2) is 11.3. The summed E-state index contributed by atoms with van der Waals surface area (Å²) in [7, 11) is -1.01. The number of ether oxygens (including phenoxy) is 1. The van der Waals surface area contributed by atoms with E-state index in [1.54, 1.807) is 6.07 Å². The molecule has 1 heterocycles. The van der Waals surface area contributed by atoms with E-state index in [0.717, 1.165) is 45.6 Å². The summed E-state index contributed by atoms with van der Waals surface area (Å²) in [5.74, 6) is -0.0973. The summed E-state index contributed by atoms with van der Waals surface area (Å²) >= 11 is 0. The molecule has 1 saturated heterocycles. The van der Waals surface area contributed by atoms with Crippen molar-refractivity contribution >= 4 is 21.6 Å². The number of para-hydroxylation sites is 1. The fraction of sp³-hybridized carbons (Fsp3) is 0.435. The van der Waals surface area contributed by atoms with Crippen molar-refractivity contribution in [1.82, 2.24) is 14.9 Å². The number of nitrogens with zero attached hydrogens (tertiary/aromatic N) is 2. The zero-order valence-electron chi connectivity index (χ0n) is 18.7. The molecule has 174 valence electrons. The van der Waals surface area contributed by atoms with Gasteiger partial charge in [0, 0.05) is 44.0 Å². The second-order valence-corrected chi connectivity index (χ2v) is 9.56. The number of carbonyl (C=O) groups is 1. The maximum absolute atomic E-state index is 12.5. The molecule has 0 atom stereocenters. The fourth-order valence-electron chi connectivity index (χ4n) is 3.77. The van der Waals surface area contributed by atoms with E-state index in [1.807, 2.05) is 6.07 Å². The Morgan fingerprint density at radius 1 is 1.03 bits per heavy atom. The molecule has 1 fully saturated rings. The Kier molecular flexibility index (Phi) is 8.49. The molecule has 1 amide bonds. The third kappa shape index (κ3) is 6.21. The highest BCUT2D eigenvalue weighted by Gasteiger charge is 2.20. The highest BCUT2D eigenvalue weighted by molar-refractivity contribution is 7.89. The third-order valence-electron chi connectivity index (χ3n) is 5.66. The fourth-order valence-corrected chi connectivity index (χ4v) is 4.69. The average Bonchev–Trinajstić information content (AvgIpc) is 2.84. The number of piperazine rings is 1. The van der Waals surface area contributed by atoms with Crippen LogP contribution in [0.2, 0.25) is 0 Å². The van der Waals surface area contributed by atoms with E-state index >= 15 is 0 Å². The van der Waals surface area contributed by atoms with Crippen molar-refractivity contribution in [2.24, 2.45) is 0 Å². The SMILES string of the molecule is CNS(=O)(=O)c1cc(C(=O)NCCCCN2CCN(c3ccccc3)CC2)ccc1OC. The molecule has 0 unspecified atom stereocenters. The number of amides is 1. The molecular weight excluding hydrogens is 428 g/mol. The van der Waals surface area contributed by atoms with Crippen molar-refractivity contribution < 1.29 is 17.9 Å². The first-order chi connectivity index (χ1) is 15.4. The highest BCUT2D eigenvalue weighted by Crippen LogP contribution is 2.24. The van der Waals surface area contributed by atoms with Crippen LogP contribution in [0.3, 0.4) is 0 Å². The summed E-state index contributed by atoms with van der Waals surface area (Å²) in [6.45, 7) is 5.67. The first-order valence-corrected chi connectivity index (χ1v) is 12.3. The van der Waals surface area contributed by atoms with Crippen LogP contribution < -0.4 is 19.7 Å². The number of unbranched alkanes of at least 4 members (excludes halogenated alkanes) is 1. The van der Waals surface area contributed by atoms with Crippen LogP contribution in [0, 0.1) is 0 Å². The molecule has 0 bridgehead atoms.